The topological polar surface area (TPSA) is 0 Å². The van der Waals surface area contributed by atoms with Crippen LogP contribution in [0.4, 0.5) is 0 Å². The van der Waals surface area contributed by atoms with Crippen LogP contribution in [-0.2, 0) is 0 Å². The minimum Gasteiger partial charge on any atom is -0.0988 e. The quantitative estimate of drug-likeness (QED) is 0.534. The number of hydrogen-bond donors (Lipinski definition) is 0. The van der Waals surface area contributed by atoms with Crippen LogP contribution >= 0.6 is 0 Å². The highest BCUT2D eigenvalue weighted by molar-refractivity contribution is 5.32. The van der Waals surface area contributed by atoms with Crippen LogP contribution in [0, 0.1) is 5.92 Å². The second kappa shape index (κ2) is 3.56. The highest BCUT2D eigenvalue weighted by Crippen LogP contribution is 2.27. The lowest BCUT2D eigenvalue weighted by Crippen LogP contribution is -2.03. The number of allylic oxidation sites excluding steroid dienone is 5. The normalized spacial score (nSPS) is 28.4. The van der Waals surface area contributed by atoms with Crippen LogP contribution in [0.3, 0.4) is 0 Å². The van der Waals surface area contributed by atoms with Crippen molar-refractivity contribution in [2.75, 3.05) is 0 Å². The highest BCUT2D eigenvalue weighted by Gasteiger charge is 2.11. The Balaban J connectivity index is 2.81. The first-order valence-corrected chi connectivity index (χ1v) is 4.24. The van der Waals surface area contributed by atoms with Gasteiger partial charge in [0.1, 0.15) is 0 Å². The molecule has 0 radical (unpaired) electrons. The van der Waals surface area contributed by atoms with Crippen molar-refractivity contribution >= 4 is 0 Å². The maximum Gasteiger partial charge on any atom is -0.0250 e. The lowest BCUT2D eigenvalue weighted by atomic mass is 9.87. The minimum atomic E-state index is 0.791. The van der Waals surface area contributed by atoms with Gasteiger partial charge in [-0.25, -0.2) is 0 Å². The van der Waals surface area contributed by atoms with Gasteiger partial charge in [0, 0.05) is 0 Å². The molecule has 1 unspecified atom stereocenters. The Labute approximate surface area is 69.3 Å². The fraction of sp³-hybridized carbons (Fsp3) is 0.455. The fourth-order valence-corrected chi connectivity index (χ4v) is 1.58. The van der Waals surface area contributed by atoms with Gasteiger partial charge in [0.05, 0.1) is 0 Å². The van der Waals surface area contributed by atoms with Crippen molar-refractivity contribution in [2.24, 2.45) is 5.92 Å². The Morgan fingerprint density at radius 3 is 2.82 bits per heavy atom. The maximum atomic E-state index is 3.79. The molecule has 1 aliphatic rings. The van der Waals surface area contributed by atoms with Crippen molar-refractivity contribution in [3.8, 4) is 0 Å². The van der Waals surface area contributed by atoms with Gasteiger partial charge in [0.2, 0.25) is 0 Å². The first-order chi connectivity index (χ1) is 5.26. The van der Waals surface area contributed by atoms with E-state index in [1.165, 1.54) is 24.0 Å². The summed E-state index contributed by atoms with van der Waals surface area (Å²) in [6.45, 7) is 8.19. The molecule has 0 saturated carbocycles. The molecule has 0 aromatic carbocycles. The summed E-state index contributed by atoms with van der Waals surface area (Å²) in [6, 6.07) is 0. The molecule has 0 nitrogen and oxygen atoms in total. The van der Waals surface area contributed by atoms with Crippen LogP contribution in [-0.4, -0.2) is 0 Å². The second-order valence-corrected chi connectivity index (χ2v) is 3.30. The van der Waals surface area contributed by atoms with E-state index in [0.717, 1.165) is 5.92 Å². The SMILES string of the molecule is C=CC1=C/C(=C/C)CC(C)C1. The van der Waals surface area contributed by atoms with E-state index in [2.05, 4.69) is 32.6 Å². The smallest absolute Gasteiger partial charge is 0.0250 e. The Bertz CT molecular complexity index is 206. The molecule has 0 aromatic rings. The molecule has 0 heteroatoms. The molecule has 1 aliphatic carbocycles. The van der Waals surface area contributed by atoms with Gasteiger partial charge in [0.25, 0.3) is 0 Å². The number of rotatable bonds is 1. The van der Waals surface area contributed by atoms with Crippen molar-refractivity contribution in [1.82, 2.24) is 0 Å². The van der Waals surface area contributed by atoms with Crippen LogP contribution in [0.15, 0.2) is 36.0 Å². The van der Waals surface area contributed by atoms with E-state index in [0.29, 0.717) is 0 Å². The van der Waals surface area contributed by atoms with Crippen molar-refractivity contribution in [3.05, 3.63) is 36.0 Å². The minimum absolute atomic E-state index is 0.791. The van der Waals surface area contributed by atoms with Gasteiger partial charge >= 0.3 is 0 Å². The second-order valence-electron chi connectivity index (χ2n) is 3.30. The molecular weight excluding hydrogens is 132 g/mol. The molecule has 0 bridgehead atoms. The van der Waals surface area contributed by atoms with Crippen molar-refractivity contribution in [2.45, 2.75) is 26.7 Å². The largest absolute Gasteiger partial charge is 0.0988 e. The first-order valence-electron chi connectivity index (χ1n) is 4.24. The van der Waals surface area contributed by atoms with Crippen molar-refractivity contribution < 1.29 is 0 Å². The molecule has 0 amide bonds. The third-order valence-corrected chi connectivity index (χ3v) is 2.17. The Kier molecular flexibility index (Phi) is 2.70. The van der Waals surface area contributed by atoms with E-state index in [1.807, 2.05) is 6.08 Å². The van der Waals surface area contributed by atoms with Gasteiger partial charge in [-0.05, 0) is 31.3 Å². The fourth-order valence-electron chi connectivity index (χ4n) is 1.58. The van der Waals surface area contributed by atoms with Crippen molar-refractivity contribution in [3.63, 3.8) is 0 Å². The van der Waals surface area contributed by atoms with Crippen LogP contribution < -0.4 is 0 Å². The number of hydrogen-bond acceptors (Lipinski definition) is 0. The van der Waals surface area contributed by atoms with Gasteiger partial charge in [0.15, 0.2) is 0 Å². The summed E-state index contributed by atoms with van der Waals surface area (Å²) in [6.07, 6.45) is 8.85. The summed E-state index contributed by atoms with van der Waals surface area (Å²) in [5.74, 6) is 0.791. The molecule has 0 N–H and O–H groups in total. The summed E-state index contributed by atoms with van der Waals surface area (Å²) >= 11 is 0. The summed E-state index contributed by atoms with van der Waals surface area (Å²) in [5.41, 5.74) is 2.84. The van der Waals surface area contributed by atoms with Crippen LogP contribution in [0.1, 0.15) is 26.7 Å². The Morgan fingerprint density at radius 1 is 1.55 bits per heavy atom. The average molecular weight is 148 g/mol. The lowest BCUT2D eigenvalue weighted by molar-refractivity contribution is 0.565. The molecule has 0 saturated heterocycles. The molecule has 1 rings (SSSR count). The molecule has 1 atom stereocenters. The van der Waals surface area contributed by atoms with Gasteiger partial charge in [-0.1, -0.05) is 37.3 Å². The molecule has 0 spiro atoms. The van der Waals surface area contributed by atoms with E-state index in [4.69, 9.17) is 0 Å². The molecular formula is C11H16. The standard InChI is InChI=1S/C11H16/c1-4-10-6-9(3)7-11(5-2)8-10/h4-5,8-9H,1,6-7H2,2-3H3/b11-5+. The van der Waals surface area contributed by atoms with Gasteiger partial charge in [-0.2, -0.15) is 0 Å². The average Bonchev–Trinajstić information content (AvgIpc) is 2.03. The third kappa shape index (κ3) is 2.07. The highest BCUT2D eigenvalue weighted by atomic mass is 14.2. The molecule has 0 aliphatic heterocycles. The molecule has 0 aromatic heterocycles. The van der Waals surface area contributed by atoms with E-state index < -0.39 is 0 Å². The Morgan fingerprint density at radius 2 is 2.27 bits per heavy atom. The zero-order chi connectivity index (χ0) is 8.27. The third-order valence-electron chi connectivity index (χ3n) is 2.17. The van der Waals surface area contributed by atoms with E-state index in [1.54, 1.807) is 0 Å². The summed E-state index contributed by atoms with van der Waals surface area (Å²) < 4.78 is 0. The summed E-state index contributed by atoms with van der Waals surface area (Å²) in [5, 5.41) is 0. The zero-order valence-corrected chi connectivity index (χ0v) is 7.43. The molecule has 0 heterocycles. The van der Waals surface area contributed by atoms with E-state index in [9.17, 15) is 0 Å². The first kappa shape index (κ1) is 8.32. The molecule has 60 valence electrons. The van der Waals surface area contributed by atoms with Gasteiger partial charge < -0.3 is 0 Å². The predicted octanol–water partition coefficient (Wildman–Crippen LogP) is 3.48. The zero-order valence-electron chi connectivity index (χ0n) is 7.43. The monoisotopic (exact) mass is 148 g/mol. The van der Waals surface area contributed by atoms with E-state index >= 15 is 0 Å². The predicted molar refractivity (Wildman–Crippen MR) is 50.4 cm³/mol. The maximum absolute atomic E-state index is 3.79. The molecule has 0 fully saturated rings. The van der Waals surface area contributed by atoms with Crippen LogP contribution in [0.2, 0.25) is 0 Å². The summed E-state index contributed by atoms with van der Waals surface area (Å²) in [4.78, 5) is 0. The van der Waals surface area contributed by atoms with Crippen molar-refractivity contribution in [1.29, 1.82) is 0 Å². The Hall–Kier alpha value is -0.780. The van der Waals surface area contributed by atoms with E-state index in [-0.39, 0.29) is 0 Å². The summed E-state index contributed by atoms with van der Waals surface area (Å²) in [7, 11) is 0. The van der Waals surface area contributed by atoms with Gasteiger partial charge in [-0.15, -0.1) is 0 Å². The van der Waals surface area contributed by atoms with Crippen LogP contribution in [0.5, 0.6) is 0 Å². The lowest BCUT2D eigenvalue weighted by Gasteiger charge is -2.18. The van der Waals surface area contributed by atoms with Gasteiger partial charge in [-0.3, -0.25) is 0 Å². The molecule has 11 heavy (non-hydrogen) atoms. The van der Waals surface area contributed by atoms with Crippen LogP contribution in [0.25, 0.3) is 0 Å².